The molecule has 0 aliphatic rings. The number of nitrogens with zero attached hydrogens (tertiary/aromatic N) is 1. The molecule has 0 unspecified atom stereocenters. The molecule has 1 aromatic carbocycles. The summed E-state index contributed by atoms with van der Waals surface area (Å²) in [5.41, 5.74) is 7.36. The van der Waals surface area contributed by atoms with E-state index in [2.05, 4.69) is 0 Å². The van der Waals surface area contributed by atoms with Gasteiger partial charge in [0.15, 0.2) is 0 Å². The van der Waals surface area contributed by atoms with Crippen LogP contribution in [0, 0.1) is 6.92 Å². The van der Waals surface area contributed by atoms with Crippen LogP contribution in [0.1, 0.15) is 18.1 Å². The molecule has 112 valence electrons. The maximum Gasteiger partial charge on any atom is 0.302 e. The molecule has 0 saturated heterocycles. The third-order valence-corrected chi connectivity index (χ3v) is 4.70. The summed E-state index contributed by atoms with van der Waals surface area (Å²) in [6.07, 6.45) is 2.80. The predicted molar refractivity (Wildman–Crippen MR) is 78.1 cm³/mol. The van der Waals surface area contributed by atoms with Crippen LogP contribution in [0.15, 0.2) is 41.6 Å². The van der Waals surface area contributed by atoms with Gasteiger partial charge in [-0.2, -0.15) is 0 Å². The summed E-state index contributed by atoms with van der Waals surface area (Å²) in [4.78, 5) is 10.8. The van der Waals surface area contributed by atoms with E-state index in [0.29, 0.717) is 11.1 Å². The molecular weight excluding hydrogens is 292 g/mol. The van der Waals surface area contributed by atoms with Crippen LogP contribution in [0.3, 0.4) is 0 Å². The van der Waals surface area contributed by atoms with E-state index in [-0.39, 0.29) is 17.2 Å². The molecule has 0 atom stereocenters. The van der Waals surface area contributed by atoms with E-state index < -0.39 is 16.0 Å². The summed E-state index contributed by atoms with van der Waals surface area (Å²) in [6.45, 7) is 3.07. The monoisotopic (exact) mass is 308 g/mol. The van der Waals surface area contributed by atoms with E-state index in [4.69, 9.17) is 10.5 Å². The van der Waals surface area contributed by atoms with Gasteiger partial charge in [-0.1, -0.05) is 12.1 Å². The Hall–Kier alpha value is -2.28. The first-order chi connectivity index (χ1) is 9.82. The van der Waals surface area contributed by atoms with Crippen molar-refractivity contribution in [2.45, 2.75) is 25.3 Å². The summed E-state index contributed by atoms with van der Waals surface area (Å²) in [6, 6.07) is 6.42. The number of carbonyl (C=O) groups excluding carboxylic acids is 1. The largest absolute Gasteiger partial charge is 0.461 e. The van der Waals surface area contributed by atoms with Crippen LogP contribution < -0.4 is 5.73 Å². The SMILES string of the molecule is CC(=O)OCc1ccn(S(=O)(=O)c2cccc(C)c2N)c1. The number of para-hydroxylation sites is 1. The summed E-state index contributed by atoms with van der Waals surface area (Å²) < 4.78 is 31.0. The molecule has 7 heteroatoms. The lowest BCUT2D eigenvalue weighted by molar-refractivity contribution is -0.142. The van der Waals surface area contributed by atoms with Gasteiger partial charge in [-0.3, -0.25) is 4.79 Å². The van der Waals surface area contributed by atoms with Gasteiger partial charge in [-0.25, -0.2) is 12.4 Å². The number of nitrogens with two attached hydrogens (primary N) is 1. The topological polar surface area (TPSA) is 91.4 Å². The van der Waals surface area contributed by atoms with Crippen molar-refractivity contribution in [2.75, 3.05) is 5.73 Å². The van der Waals surface area contributed by atoms with E-state index in [9.17, 15) is 13.2 Å². The number of hydrogen-bond donors (Lipinski definition) is 1. The van der Waals surface area contributed by atoms with Crippen molar-refractivity contribution in [3.8, 4) is 0 Å². The Morgan fingerprint density at radius 1 is 1.33 bits per heavy atom. The fourth-order valence-electron chi connectivity index (χ4n) is 1.83. The predicted octanol–water partition coefficient (Wildman–Crippen LogP) is 1.68. The van der Waals surface area contributed by atoms with Gasteiger partial charge in [0.2, 0.25) is 0 Å². The Labute approximate surface area is 123 Å². The zero-order chi connectivity index (χ0) is 15.6. The maximum absolute atomic E-state index is 12.5. The molecule has 0 saturated carbocycles. The van der Waals surface area contributed by atoms with Crippen LogP contribution in [0.4, 0.5) is 5.69 Å². The molecular formula is C14H16N2O4S. The fourth-order valence-corrected chi connectivity index (χ4v) is 3.24. The molecule has 0 aliphatic heterocycles. The Kier molecular flexibility index (Phi) is 4.04. The van der Waals surface area contributed by atoms with Crippen LogP contribution in [-0.4, -0.2) is 18.4 Å². The Morgan fingerprint density at radius 2 is 2.05 bits per heavy atom. The minimum Gasteiger partial charge on any atom is -0.461 e. The summed E-state index contributed by atoms with van der Waals surface area (Å²) in [5.74, 6) is -0.423. The second-order valence-corrected chi connectivity index (χ2v) is 6.43. The minimum absolute atomic E-state index is 0.0289. The van der Waals surface area contributed by atoms with Gasteiger partial charge in [0.1, 0.15) is 11.5 Å². The summed E-state index contributed by atoms with van der Waals surface area (Å²) in [5, 5.41) is 0. The number of hydrogen-bond acceptors (Lipinski definition) is 5. The molecule has 2 aromatic rings. The lowest BCUT2D eigenvalue weighted by atomic mass is 10.2. The summed E-state index contributed by atoms with van der Waals surface area (Å²) >= 11 is 0. The fraction of sp³-hybridized carbons (Fsp3) is 0.214. The number of esters is 1. The molecule has 0 aliphatic carbocycles. The molecule has 0 spiro atoms. The number of anilines is 1. The number of aromatic nitrogens is 1. The number of aryl methyl sites for hydroxylation is 1. The highest BCUT2D eigenvalue weighted by atomic mass is 32.2. The van der Waals surface area contributed by atoms with Crippen molar-refractivity contribution in [2.24, 2.45) is 0 Å². The van der Waals surface area contributed by atoms with Crippen molar-refractivity contribution in [3.63, 3.8) is 0 Å². The molecule has 0 radical (unpaired) electrons. The van der Waals surface area contributed by atoms with Gasteiger partial charge in [-0.15, -0.1) is 0 Å². The van der Waals surface area contributed by atoms with Gasteiger partial charge >= 0.3 is 5.97 Å². The number of rotatable bonds is 4. The number of carbonyl (C=O) groups is 1. The number of ether oxygens (including phenoxy) is 1. The molecule has 0 fully saturated rings. The first-order valence-electron chi connectivity index (χ1n) is 6.23. The molecule has 2 N–H and O–H groups in total. The second-order valence-electron chi connectivity index (χ2n) is 4.62. The smallest absolute Gasteiger partial charge is 0.302 e. The van der Waals surface area contributed by atoms with Crippen molar-refractivity contribution in [1.82, 2.24) is 3.97 Å². The molecule has 0 bridgehead atoms. The van der Waals surface area contributed by atoms with Crippen molar-refractivity contribution < 1.29 is 17.9 Å². The molecule has 0 amide bonds. The third-order valence-electron chi connectivity index (χ3n) is 3.01. The highest BCUT2D eigenvalue weighted by Crippen LogP contribution is 2.24. The zero-order valence-electron chi connectivity index (χ0n) is 11.7. The van der Waals surface area contributed by atoms with Crippen LogP contribution in [0.2, 0.25) is 0 Å². The Morgan fingerprint density at radius 3 is 2.71 bits per heavy atom. The van der Waals surface area contributed by atoms with Gasteiger partial charge < -0.3 is 10.5 Å². The standard InChI is InChI=1S/C14H16N2O4S/c1-10-4-3-5-13(14(10)15)21(18,19)16-7-6-12(8-16)9-20-11(2)17/h3-8H,9,15H2,1-2H3. The van der Waals surface area contributed by atoms with Crippen LogP contribution >= 0.6 is 0 Å². The molecule has 6 nitrogen and oxygen atoms in total. The van der Waals surface area contributed by atoms with E-state index >= 15 is 0 Å². The Balaban J connectivity index is 2.36. The number of benzene rings is 1. The van der Waals surface area contributed by atoms with Gasteiger partial charge in [-0.05, 0) is 24.6 Å². The molecule has 21 heavy (non-hydrogen) atoms. The minimum atomic E-state index is -3.76. The van der Waals surface area contributed by atoms with Gasteiger partial charge in [0, 0.05) is 24.9 Å². The number of nitrogen functional groups attached to an aromatic ring is 1. The van der Waals surface area contributed by atoms with Crippen LogP contribution in [0.25, 0.3) is 0 Å². The first-order valence-corrected chi connectivity index (χ1v) is 7.67. The Bertz CT molecular complexity index is 778. The van der Waals surface area contributed by atoms with Crippen molar-refractivity contribution in [1.29, 1.82) is 0 Å². The van der Waals surface area contributed by atoms with E-state index in [1.54, 1.807) is 25.1 Å². The normalized spacial score (nSPS) is 11.3. The molecule has 2 rings (SSSR count). The highest BCUT2D eigenvalue weighted by Gasteiger charge is 2.20. The van der Waals surface area contributed by atoms with E-state index in [0.717, 1.165) is 3.97 Å². The highest BCUT2D eigenvalue weighted by molar-refractivity contribution is 7.90. The van der Waals surface area contributed by atoms with E-state index in [1.807, 2.05) is 0 Å². The average molecular weight is 308 g/mol. The third kappa shape index (κ3) is 3.08. The maximum atomic E-state index is 12.5. The lowest BCUT2D eigenvalue weighted by Gasteiger charge is -2.10. The molecule has 1 heterocycles. The first kappa shape index (κ1) is 15.1. The zero-order valence-corrected chi connectivity index (χ0v) is 12.6. The van der Waals surface area contributed by atoms with Crippen LogP contribution in [0.5, 0.6) is 0 Å². The van der Waals surface area contributed by atoms with E-state index in [1.165, 1.54) is 25.4 Å². The summed E-state index contributed by atoms with van der Waals surface area (Å²) in [7, 11) is -3.76. The molecule has 1 aromatic heterocycles. The lowest BCUT2D eigenvalue weighted by Crippen LogP contribution is -2.13. The van der Waals surface area contributed by atoms with Crippen molar-refractivity contribution in [3.05, 3.63) is 47.8 Å². The quantitative estimate of drug-likeness (QED) is 0.685. The van der Waals surface area contributed by atoms with Crippen LogP contribution in [-0.2, 0) is 26.2 Å². The second kappa shape index (κ2) is 5.61. The van der Waals surface area contributed by atoms with Gasteiger partial charge in [0.05, 0.1) is 5.69 Å². The van der Waals surface area contributed by atoms with Crippen molar-refractivity contribution >= 4 is 21.7 Å². The average Bonchev–Trinajstić information content (AvgIpc) is 2.89. The van der Waals surface area contributed by atoms with Gasteiger partial charge in [0.25, 0.3) is 10.0 Å².